The van der Waals surface area contributed by atoms with Crippen LogP contribution in [0.25, 0.3) is 11.1 Å². The Morgan fingerprint density at radius 3 is 0.793 bits per heavy atom. The van der Waals surface area contributed by atoms with Crippen molar-refractivity contribution in [3.05, 3.63) is 168 Å². The van der Waals surface area contributed by atoms with Crippen LogP contribution >= 0.6 is 0 Å². The van der Waals surface area contributed by atoms with Crippen LogP contribution in [0.3, 0.4) is 0 Å². The second kappa shape index (κ2) is 18.7. The quantitative estimate of drug-likeness (QED) is 0.0912. The predicted molar refractivity (Wildman–Crippen MR) is 255 cm³/mol. The predicted octanol–water partition coefficient (Wildman–Crippen LogP) is 17.5. The van der Waals surface area contributed by atoms with E-state index in [4.69, 9.17) is 0 Å². The molecule has 0 aliphatic rings. The fourth-order valence-electron chi connectivity index (χ4n) is 8.22. The summed E-state index contributed by atoms with van der Waals surface area (Å²) in [4.78, 5) is 4.79. The molecule has 0 heterocycles. The second-order valence-corrected chi connectivity index (χ2v) is 17.2. The van der Waals surface area contributed by atoms with Crippen LogP contribution in [0.4, 0.5) is 34.1 Å². The zero-order chi connectivity index (χ0) is 41.5. The number of rotatable bonds is 17. The molecule has 2 unspecified atom stereocenters. The highest BCUT2D eigenvalue weighted by atomic mass is 15.1. The first-order valence-electron chi connectivity index (χ1n) is 22.2. The molecule has 6 rings (SSSR count). The van der Waals surface area contributed by atoms with Gasteiger partial charge in [0.1, 0.15) is 0 Å². The summed E-state index contributed by atoms with van der Waals surface area (Å²) in [7, 11) is 0. The Hall–Kier alpha value is -5.08. The molecular weight excluding hydrogens is 701 g/mol. The Kier molecular flexibility index (Phi) is 13.7. The van der Waals surface area contributed by atoms with E-state index >= 15 is 0 Å². The zero-order valence-electron chi connectivity index (χ0n) is 37.1. The molecule has 0 spiro atoms. The van der Waals surface area contributed by atoms with E-state index in [1.807, 2.05) is 0 Å². The van der Waals surface area contributed by atoms with Gasteiger partial charge in [-0.25, -0.2) is 0 Å². The van der Waals surface area contributed by atoms with E-state index in [9.17, 15) is 0 Å². The van der Waals surface area contributed by atoms with Crippen LogP contribution in [-0.2, 0) is 10.8 Å². The standard InChI is InChI=1S/C56H68N2/c1-11-41(7)43-17-29-49(30-18-43)57(53-37-25-47(26-38-53)55(9,13-3)14-4)51-33-21-45(22-34-51)46-23-35-52(36-24-46)58(50-31-19-44(20-32-50)42(8)12-2)54-39-27-48(28-40-54)56(10,15-5)16-6/h17-42H,11-16H2,1-10H3. The number of hydrogen-bond acceptors (Lipinski definition) is 2. The van der Waals surface area contributed by atoms with Gasteiger partial charge < -0.3 is 9.80 Å². The van der Waals surface area contributed by atoms with Gasteiger partial charge in [-0.05, 0) is 167 Å². The Morgan fingerprint density at radius 1 is 0.345 bits per heavy atom. The van der Waals surface area contributed by atoms with Crippen molar-refractivity contribution < 1.29 is 0 Å². The maximum Gasteiger partial charge on any atom is 0.0462 e. The highest BCUT2D eigenvalue weighted by molar-refractivity contribution is 5.81. The van der Waals surface area contributed by atoms with Crippen molar-refractivity contribution in [1.82, 2.24) is 0 Å². The van der Waals surface area contributed by atoms with Crippen LogP contribution in [0.1, 0.15) is 142 Å². The fraction of sp³-hybridized carbons (Fsp3) is 0.357. The Labute approximate surface area is 352 Å². The van der Waals surface area contributed by atoms with Crippen molar-refractivity contribution in [3.8, 4) is 11.1 Å². The summed E-state index contributed by atoms with van der Waals surface area (Å²) < 4.78 is 0. The van der Waals surface area contributed by atoms with Gasteiger partial charge in [0.15, 0.2) is 0 Å². The van der Waals surface area contributed by atoms with Crippen molar-refractivity contribution in [2.24, 2.45) is 0 Å². The highest BCUT2D eigenvalue weighted by Crippen LogP contribution is 2.41. The van der Waals surface area contributed by atoms with Crippen LogP contribution in [-0.4, -0.2) is 0 Å². The van der Waals surface area contributed by atoms with Crippen LogP contribution in [0.5, 0.6) is 0 Å². The first-order valence-corrected chi connectivity index (χ1v) is 22.2. The summed E-state index contributed by atoms with van der Waals surface area (Å²) in [5, 5.41) is 0. The largest absolute Gasteiger partial charge is 0.311 e. The zero-order valence-corrected chi connectivity index (χ0v) is 37.1. The lowest BCUT2D eigenvalue weighted by atomic mass is 9.78. The van der Waals surface area contributed by atoms with E-state index < -0.39 is 0 Å². The van der Waals surface area contributed by atoms with Crippen molar-refractivity contribution in [2.75, 3.05) is 9.80 Å². The van der Waals surface area contributed by atoms with E-state index in [0.29, 0.717) is 11.8 Å². The van der Waals surface area contributed by atoms with Crippen molar-refractivity contribution in [2.45, 2.75) is 130 Å². The molecule has 2 atom stereocenters. The van der Waals surface area contributed by atoms with Gasteiger partial charge in [-0.2, -0.15) is 0 Å². The van der Waals surface area contributed by atoms with Crippen molar-refractivity contribution >= 4 is 34.1 Å². The first kappa shape index (κ1) is 42.5. The van der Waals surface area contributed by atoms with E-state index in [2.05, 4.69) is 225 Å². The number of anilines is 6. The summed E-state index contributed by atoms with van der Waals surface area (Å²) in [5.41, 5.74) is 15.3. The molecule has 0 fully saturated rings. The molecule has 0 aliphatic heterocycles. The SMILES string of the molecule is CCC(C)c1ccc(N(c2ccc(-c3ccc(N(c4ccc(C(C)CC)cc4)c4ccc(C(C)(CC)CC)cc4)cc3)cc2)c2ccc(C(C)(CC)CC)cc2)cc1. The summed E-state index contributed by atoms with van der Waals surface area (Å²) in [6, 6.07) is 55.1. The molecule has 0 N–H and O–H groups in total. The van der Waals surface area contributed by atoms with E-state index in [1.54, 1.807) is 0 Å². The number of nitrogens with zero attached hydrogens (tertiary/aromatic N) is 2. The van der Waals surface area contributed by atoms with Gasteiger partial charge in [-0.1, -0.05) is 142 Å². The van der Waals surface area contributed by atoms with E-state index in [-0.39, 0.29) is 10.8 Å². The topological polar surface area (TPSA) is 6.48 Å². The number of hydrogen-bond donors (Lipinski definition) is 0. The molecule has 2 heteroatoms. The molecule has 0 aromatic heterocycles. The van der Waals surface area contributed by atoms with E-state index in [0.717, 1.165) is 49.9 Å². The van der Waals surface area contributed by atoms with Gasteiger partial charge in [0.2, 0.25) is 0 Å². The van der Waals surface area contributed by atoms with E-state index in [1.165, 1.54) is 56.1 Å². The maximum atomic E-state index is 2.39. The normalized spacial score (nSPS) is 12.9. The van der Waals surface area contributed by atoms with Crippen LogP contribution in [0.15, 0.2) is 146 Å². The van der Waals surface area contributed by atoms with Gasteiger partial charge in [0.05, 0.1) is 0 Å². The maximum absolute atomic E-state index is 2.39. The molecule has 0 saturated carbocycles. The smallest absolute Gasteiger partial charge is 0.0462 e. The molecule has 58 heavy (non-hydrogen) atoms. The van der Waals surface area contributed by atoms with Gasteiger partial charge >= 0.3 is 0 Å². The Morgan fingerprint density at radius 2 is 0.569 bits per heavy atom. The average molecular weight is 769 g/mol. The highest BCUT2D eigenvalue weighted by Gasteiger charge is 2.24. The third-order valence-electron chi connectivity index (χ3n) is 14.0. The van der Waals surface area contributed by atoms with Crippen LogP contribution in [0.2, 0.25) is 0 Å². The summed E-state index contributed by atoms with van der Waals surface area (Å²) in [5.74, 6) is 1.08. The van der Waals surface area contributed by atoms with Gasteiger partial charge in [-0.15, -0.1) is 0 Å². The Bertz CT molecular complexity index is 1990. The minimum atomic E-state index is 0.184. The molecule has 6 aromatic rings. The molecule has 302 valence electrons. The molecular formula is C56H68N2. The molecule has 0 amide bonds. The van der Waals surface area contributed by atoms with Gasteiger partial charge in [0, 0.05) is 34.1 Å². The third-order valence-corrected chi connectivity index (χ3v) is 14.0. The minimum absolute atomic E-state index is 0.184. The summed E-state index contributed by atoms with van der Waals surface area (Å²) in [6.45, 7) is 23.1. The van der Waals surface area contributed by atoms with Crippen LogP contribution in [0, 0.1) is 0 Å². The minimum Gasteiger partial charge on any atom is -0.311 e. The molecule has 6 aromatic carbocycles. The summed E-state index contributed by atoms with van der Waals surface area (Å²) in [6.07, 6.45) is 6.77. The molecule has 2 nitrogen and oxygen atoms in total. The third kappa shape index (κ3) is 8.97. The van der Waals surface area contributed by atoms with Gasteiger partial charge in [-0.3, -0.25) is 0 Å². The molecule has 0 bridgehead atoms. The lowest BCUT2D eigenvalue weighted by Crippen LogP contribution is -2.19. The molecule has 0 saturated heterocycles. The molecule has 0 radical (unpaired) electrons. The van der Waals surface area contributed by atoms with Crippen LogP contribution < -0.4 is 9.80 Å². The lowest BCUT2D eigenvalue weighted by molar-refractivity contribution is 0.439. The summed E-state index contributed by atoms with van der Waals surface area (Å²) >= 11 is 0. The monoisotopic (exact) mass is 769 g/mol. The van der Waals surface area contributed by atoms with Crippen molar-refractivity contribution in [3.63, 3.8) is 0 Å². The first-order chi connectivity index (χ1) is 28.0. The lowest BCUT2D eigenvalue weighted by Gasteiger charge is -2.30. The molecule has 0 aliphatic carbocycles. The fourth-order valence-corrected chi connectivity index (χ4v) is 8.22. The van der Waals surface area contributed by atoms with Gasteiger partial charge in [0.25, 0.3) is 0 Å². The number of benzene rings is 6. The second-order valence-electron chi connectivity index (χ2n) is 17.2. The average Bonchev–Trinajstić information content (AvgIpc) is 3.29. The van der Waals surface area contributed by atoms with Crippen molar-refractivity contribution in [1.29, 1.82) is 0 Å². The Balaban J connectivity index is 1.33.